The van der Waals surface area contributed by atoms with E-state index in [1.807, 2.05) is 23.6 Å². The van der Waals surface area contributed by atoms with E-state index < -0.39 is 0 Å². The van der Waals surface area contributed by atoms with E-state index in [2.05, 4.69) is 15.3 Å². The number of hydrogen-bond acceptors (Lipinski definition) is 3. The Morgan fingerprint density at radius 3 is 3.05 bits per heavy atom. The lowest BCUT2D eigenvalue weighted by Crippen LogP contribution is -2.11. The largest absolute Gasteiger partial charge is 0.358 e. The molecular weight excluding hydrogens is 282 g/mol. The second kappa shape index (κ2) is 5.00. The lowest BCUT2D eigenvalue weighted by Gasteiger charge is -2.10. The summed E-state index contributed by atoms with van der Waals surface area (Å²) in [5, 5.41) is 6.51. The highest BCUT2D eigenvalue weighted by Crippen LogP contribution is 2.29. The van der Waals surface area contributed by atoms with Crippen LogP contribution in [0.3, 0.4) is 0 Å². The molecule has 1 aliphatic carbocycles. The van der Waals surface area contributed by atoms with Gasteiger partial charge in [-0.15, -0.1) is 11.3 Å². The van der Waals surface area contributed by atoms with E-state index in [1.165, 1.54) is 40.8 Å². The average Bonchev–Trinajstić information content (AvgIpc) is 3.13. The average molecular weight is 297 g/mol. The van der Waals surface area contributed by atoms with Gasteiger partial charge in [0.1, 0.15) is 0 Å². The number of aryl methyl sites for hydroxylation is 2. The summed E-state index contributed by atoms with van der Waals surface area (Å²) in [6, 6.07) is 5.87. The number of nitrogens with zero attached hydrogens (tertiary/aromatic N) is 1. The number of aromatic amines is 1. The second-order valence-electron chi connectivity index (χ2n) is 5.34. The molecule has 4 rings (SSSR count). The monoisotopic (exact) mass is 297 g/mol. The van der Waals surface area contributed by atoms with Gasteiger partial charge >= 0.3 is 0 Å². The third-order valence-corrected chi connectivity index (χ3v) is 4.70. The summed E-state index contributed by atoms with van der Waals surface area (Å²) in [5.74, 6) is -0.0994. The summed E-state index contributed by atoms with van der Waals surface area (Å²) in [4.78, 5) is 19.9. The Labute approximate surface area is 126 Å². The van der Waals surface area contributed by atoms with Crippen LogP contribution in [-0.2, 0) is 12.8 Å². The second-order valence-corrected chi connectivity index (χ2v) is 6.24. The van der Waals surface area contributed by atoms with E-state index in [0.717, 1.165) is 18.4 Å². The Morgan fingerprint density at radius 1 is 1.29 bits per heavy atom. The van der Waals surface area contributed by atoms with Gasteiger partial charge in [0.05, 0.1) is 0 Å². The van der Waals surface area contributed by atoms with Gasteiger partial charge in [0, 0.05) is 33.7 Å². The molecule has 4 nitrogen and oxygen atoms in total. The van der Waals surface area contributed by atoms with Gasteiger partial charge in [-0.3, -0.25) is 10.1 Å². The Balaban J connectivity index is 1.71. The maximum Gasteiger partial charge on any atom is 0.257 e. The molecule has 2 N–H and O–H groups in total. The van der Waals surface area contributed by atoms with Gasteiger partial charge in [-0.05, 0) is 49.4 Å². The van der Waals surface area contributed by atoms with Crippen LogP contribution in [-0.4, -0.2) is 15.9 Å². The quantitative estimate of drug-likeness (QED) is 0.756. The zero-order valence-electron chi connectivity index (χ0n) is 11.5. The predicted molar refractivity (Wildman–Crippen MR) is 85.0 cm³/mol. The molecule has 1 aliphatic rings. The van der Waals surface area contributed by atoms with Gasteiger partial charge in [0.15, 0.2) is 5.13 Å². The zero-order chi connectivity index (χ0) is 14.2. The molecule has 3 aromatic rings. The van der Waals surface area contributed by atoms with Crippen molar-refractivity contribution in [3.8, 4) is 0 Å². The van der Waals surface area contributed by atoms with Gasteiger partial charge in [0.25, 0.3) is 5.91 Å². The van der Waals surface area contributed by atoms with Crippen molar-refractivity contribution in [1.29, 1.82) is 0 Å². The SMILES string of the molecule is O=C(Nc1nccs1)c1ccc2[nH]c3c(c2c1)CCCC3. The van der Waals surface area contributed by atoms with Crippen molar-refractivity contribution in [2.24, 2.45) is 0 Å². The zero-order valence-corrected chi connectivity index (χ0v) is 12.3. The number of hydrogen-bond donors (Lipinski definition) is 2. The molecule has 106 valence electrons. The molecule has 21 heavy (non-hydrogen) atoms. The number of aromatic nitrogens is 2. The molecule has 0 radical (unpaired) electrons. The van der Waals surface area contributed by atoms with Gasteiger partial charge in [-0.2, -0.15) is 0 Å². The number of H-pyrrole nitrogens is 1. The van der Waals surface area contributed by atoms with Crippen LogP contribution < -0.4 is 5.32 Å². The Hall–Kier alpha value is -2.14. The van der Waals surface area contributed by atoms with Crippen molar-refractivity contribution < 1.29 is 4.79 Å². The van der Waals surface area contributed by atoms with Gasteiger partial charge < -0.3 is 4.98 Å². The van der Waals surface area contributed by atoms with Gasteiger partial charge in [0.2, 0.25) is 0 Å². The van der Waals surface area contributed by atoms with Crippen molar-refractivity contribution in [3.05, 3.63) is 46.6 Å². The molecule has 0 aliphatic heterocycles. The first-order valence-corrected chi connectivity index (χ1v) is 8.03. The standard InChI is InChI=1S/C16H15N3OS/c20-15(19-16-17-7-8-21-16)10-5-6-14-12(9-10)11-3-1-2-4-13(11)18-14/h5-9,18H,1-4H2,(H,17,19,20). The maximum atomic E-state index is 12.3. The molecule has 2 heterocycles. The third kappa shape index (κ3) is 2.23. The van der Waals surface area contributed by atoms with Crippen LogP contribution in [0.1, 0.15) is 34.5 Å². The minimum Gasteiger partial charge on any atom is -0.358 e. The maximum absolute atomic E-state index is 12.3. The fourth-order valence-corrected chi connectivity index (χ4v) is 3.53. The number of nitrogens with one attached hydrogen (secondary N) is 2. The number of anilines is 1. The Kier molecular flexibility index (Phi) is 3.00. The van der Waals surface area contributed by atoms with Crippen LogP contribution in [0.15, 0.2) is 29.8 Å². The number of benzene rings is 1. The number of carbonyl (C=O) groups is 1. The molecule has 0 atom stereocenters. The van der Waals surface area contributed by atoms with Crippen molar-refractivity contribution in [2.75, 3.05) is 5.32 Å². The van der Waals surface area contributed by atoms with Crippen molar-refractivity contribution in [1.82, 2.24) is 9.97 Å². The molecule has 1 aromatic carbocycles. The first kappa shape index (κ1) is 12.6. The Bertz CT molecular complexity index is 804. The summed E-state index contributed by atoms with van der Waals surface area (Å²) in [6.45, 7) is 0. The van der Waals surface area contributed by atoms with E-state index >= 15 is 0 Å². The summed E-state index contributed by atoms with van der Waals surface area (Å²) in [6.07, 6.45) is 6.39. The van der Waals surface area contributed by atoms with Crippen LogP contribution in [0.25, 0.3) is 10.9 Å². The lowest BCUT2D eigenvalue weighted by atomic mass is 9.95. The van der Waals surface area contributed by atoms with Crippen molar-refractivity contribution in [2.45, 2.75) is 25.7 Å². The molecule has 0 unspecified atom stereocenters. The number of thiazole rings is 1. The van der Waals surface area contributed by atoms with Crippen LogP contribution in [0.5, 0.6) is 0 Å². The molecule has 0 saturated heterocycles. The normalized spacial score (nSPS) is 14.1. The Morgan fingerprint density at radius 2 is 2.19 bits per heavy atom. The fraction of sp³-hybridized carbons (Fsp3) is 0.250. The smallest absolute Gasteiger partial charge is 0.257 e. The highest BCUT2D eigenvalue weighted by molar-refractivity contribution is 7.13. The number of rotatable bonds is 2. The first-order valence-electron chi connectivity index (χ1n) is 7.15. The minimum atomic E-state index is -0.0994. The van der Waals surface area contributed by atoms with E-state index in [9.17, 15) is 4.79 Å². The molecule has 2 aromatic heterocycles. The lowest BCUT2D eigenvalue weighted by molar-refractivity contribution is 0.102. The molecule has 0 spiro atoms. The summed E-state index contributed by atoms with van der Waals surface area (Å²) < 4.78 is 0. The molecule has 1 amide bonds. The number of fused-ring (bicyclic) bond motifs is 3. The van der Waals surface area contributed by atoms with Crippen molar-refractivity contribution in [3.63, 3.8) is 0 Å². The highest BCUT2D eigenvalue weighted by Gasteiger charge is 2.17. The van der Waals surface area contributed by atoms with E-state index in [4.69, 9.17) is 0 Å². The van der Waals surface area contributed by atoms with Crippen LogP contribution in [0.2, 0.25) is 0 Å². The number of amides is 1. The minimum absolute atomic E-state index is 0.0994. The van der Waals surface area contributed by atoms with Crippen LogP contribution >= 0.6 is 11.3 Å². The number of carbonyl (C=O) groups excluding carboxylic acids is 1. The molecule has 0 bridgehead atoms. The molecular formula is C16H15N3OS. The molecule has 5 heteroatoms. The third-order valence-electron chi connectivity index (χ3n) is 4.01. The van der Waals surface area contributed by atoms with Crippen molar-refractivity contribution >= 4 is 33.3 Å². The van der Waals surface area contributed by atoms with Crippen LogP contribution in [0.4, 0.5) is 5.13 Å². The van der Waals surface area contributed by atoms with Crippen LogP contribution in [0, 0.1) is 0 Å². The first-order chi connectivity index (χ1) is 10.3. The van der Waals surface area contributed by atoms with E-state index in [1.54, 1.807) is 6.20 Å². The van der Waals surface area contributed by atoms with E-state index in [0.29, 0.717) is 10.7 Å². The van der Waals surface area contributed by atoms with Gasteiger partial charge in [-0.25, -0.2) is 4.98 Å². The fourth-order valence-electron chi connectivity index (χ4n) is 3.00. The summed E-state index contributed by atoms with van der Waals surface area (Å²) in [7, 11) is 0. The topological polar surface area (TPSA) is 57.8 Å². The molecule has 0 fully saturated rings. The van der Waals surface area contributed by atoms with Gasteiger partial charge in [-0.1, -0.05) is 0 Å². The summed E-state index contributed by atoms with van der Waals surface area (Å²) >= 11 is 1.42. The highest BCUT2D eigenvalue weighted by atomic mass is 32.1. The van der Waals surface area contributed by atoms with E-state index in [-0.39, 0.29) is 5.91 Å². The molecule has 0 saturated carbocycles. The predicted octanol–water partition coefficient (Wildman–Crippen LogP) is 3.76. The summed E-state index contributed by atoms with van der Waals surface area (Å²) in [5.41, 5.74) is 4.55.